The number of benzene rings is 3. The van der Waals surface area contributed by atoms with Crippen molar-refractivity contribution in [1.29, 1.82) is 0 Å². The molecule has 1 amide bonds. The van der Waals surface area contributed by atoms with Gasteiger partial charge in [-0.1, -0.05) is 18.2 Å². The van der Waals surface area contributed by atoms with E-state index in [1.165, 1.54) is 0 Å². The van der Waals surface area contributed by atoms with Gasteiger partial charge in [-0.25, -0.2) is 0 Å². The predicted octanol–water partition coefficient (Wildman–Crippen LogP) is 4.61. The van der Waals surface area contributed by atoms with Crippen molar-refractivity contribution in [2.24, 2.45) is 0 Å². The zero-order valence-electron chi connectivity index (χ0n) is 18.0. The summed E-state index contributed by atoms with van der Waals surface area (Å²) >= 11 is 0. The summed E-state index contributed by atoms with van der Waals surface area (Å²) < 4.78 is 22.1. The third-order valence-electron chi connectivity index (χ3n) is 4.71. The van der Waals surface area contributed by atoms with Crippen molar-refractivity contribution >= 4 is 5.91 Å². The minimum absolute atomic E-state index is 0.181. The van der Waals surface area contributed by atoms with Crippen LogP contribution in [0.2, 0.25) is 0 Å². The van der Waals surface area contributed by atoms with E-state index in [9.17, 15) is 4.79 Å². The molecule has 0 bridgehead atoms. The minimum atomic E-state index is -0.181. The molecule has 3 rings (SSSR count). The van der Waals surface area contributed by atoms with E-state index < -0.39 is 0 Å². The second kappa shape index (κ2) is 10.9. The quantitative estimate of drug-likeness (QED) is 0.518. The van der Waals surface area contributed by atoms with Crippen LogP contribution in [0.1, 0.15) is 28.4 Å². The number of amides is 1. The van der Waals surface area contributed by atoms with Gasteiger partial charge in [-0.15, -0.1) is 0 Å². The van der Waals surface area contributed by atoms with Crippen molar-refractivity contribution in [2.45, 2.75) is 20.1 Å². The normalized spacial score (nSPS) is 10.3. The Morgan fingerprint density at radius 1 is 0.806 bits per heavy atom. The van der Waals surface area contributed by atoms with Crippen LogP contribution in [0.25, 0.3) is 0 Å². The molecular formula is C25H27NO5. The zero-order valence-corrected chi connectivity index (χ0v) is 18.0. The molecule has 0 saturated carbocycles. The van der Waals surface area contributed by atoms with Gasteiger partial charge < -0.3 is 24.3 Å². The molecule has 0 heterocycles. The van der Waals surface area contributed by atoms with Gasteiger partial charge in [0.05, 0.1) is 20.8 Å². The molecule has 0 aliphatic rings. The summed E-state index contributed by atoms with van der Waals surface area (Å²) in [6, 6.07) is 20.3. The first-order valence-corrected chi connectivity index (χ1v) is 10.1. The molecule has 3 aromatic rings. The third kappa shape index (κ3) is 5.92. The monoisotopic (exact) mass is 421 g/mol. The minimum Gasteiger partial charge on any atom is -0.497 e. The number of nitrogens with one attached hydrogen (secondary N) is 1. The molecule has 0 atom stereocenters. The van der Waals surface area contributed by atoms with Gasteiger partial charge in [0, 0.05) is 23.2 Å². The van der Waals surface area contributed by atoms with Crippen LogP contribution in [0.5, 0.6) is 23.0 Å². The number of carbonyl (C=O) groups is 1. The Kier molecular flexibility index (Phi) is 7.76. The van der Waals surface area contributed by atoms with Gasteiger partial charge in [-0.2, -0.15) is 0 Å². The number of hydrogen-bond donors (Lipinski definition) is 1. The fraction of sp³-hybridized carbons (Fsp3) is 0.240. The molecule has 6 nitrogen and oxygen atoms in total. The molecule has 0 radical (unpaired) electrons. The molecule has 0 saturated heterocycles. The summed E-state index contributed by atoms with van der Waals surface area (Å²) in [7, 11) is 3.23. The average molecular weight is 421 g/mol. The standard InChI is InChI=1S/C25H27NO5/c1-4-30-24-14-9-18(25(27)26-16-19-7-5-6-8-23(19)29-3)15-20(24)17-31-22-12-10-21(28-2)11-13-22/h5-15H,4,16-17H2,1-3H3,(H,26,27). The van der Waals surface area contributed by atoms with Gasteiger partial charge in [0.25, 0.3) is 5.91 Å². The molecule has 6 heteroatoms. The van der Waals surface area contributed by atoms with Crippen molar-refractivity contribution in [1.82, 2.24) is 5.32 Å². The molecule has 1 N–H and O–H groups in total. The zero-order chi connectivity index (χ0) is 22.1. The van der Waals surface area contributed by atoms with Gasteiger partial charge >= 0.3 is 0 Å². The molecular weight excluding hydrogens is 394 g/mol. The second-order valence-electron chi connectivity index (χ2n) is 6.71. The van der Waals surface area contributed by atoms with Crippen molar-refractivity contribution in [3.8, 4) is 23.0 Å². The lowest BCUT2D eigenvalue weighted by Crippen LogP contribution is -2.23. The Labute approximate surface area is 182 Å². The molecule has 3 aromatic carbocycles. The van der Waals surface area contributed by atoms with Gasteiger partial charge in [0.15, 0.2) is 0 Å². The highest BCUT2D eigenvalue weighted by molar-refractivity contribution is 5.94. The Balaban J connectivity index is 1.71. The van der Waals surface area contributed by atoms with E-state index in [4.69, 9.17) is 18.9 Å². The van der Waals surface area contributed by atoms with E-state index in [1.807, 2.05) is 55.5 Å². The molecule has 0 fully saturated rings. The summed E-state index contributed by atoms with van der Waals surface area (Å²) in [6.45, 7) is 3.08. The molecule has 0 spiro atoms. The number of carbonyl (C=O) groups excluding carboxylic acids is 1. The first kappa shape index (κ1) is 22.0. The van der Waals surface area contributed by atoms with Gasteiger partial charge in [0.2, 0.25) is 0 Å². The van der Waals surface area contributed by atoms with E-state index in [2.05, 4.69) is 5.32 Å². The van der Waals surface area contributed by atoms with E-state index in [0.29, 0.717) is 30.2 Å². The maximum absolute atomic E-state index is 12.7. The number of methoxy groups -OCH3 is 2. The maximum Gasteiger partial charge on any atom is 0.251 e. The van der Waals surface area contributed by atoms with Crippen molar-refractivity contribution in [2.75, 3.05) is 20.8 Å². The SMILES string of the molecule is CCOc1ccc(C(=O)NCc2ccccc2OC)cc1COc1ccc(OC)cc1. The molecule has 162 valence electrons. The van der Waals surface area contributed by atoms with Crippen LogP contribution in [0.4, 0.5) is 0 Å². The Morgan fingerprint density at radius 2 is 1.55 bits per heavy atom. The maximum atomic E-state index is 12.7. The highest BCUT2D eigenvalue weighted by Gasteiger charge is 2.12. The lowest BCUT2D eigenvalue weighted by Gasteiger charge is -2.14. The van der Waals surface area contributed by atoms with Gasteiger partial charge in [-0.05, 0) is 55.5 Å². The van der Waals surface area contributed by atoms with Crippen LogP contribution >= 0.6 is 0 Å². The lowest BCUT2D eigenvalue weighted by molar-refractivity contribution is 0.0950. The van der Waals surface area contributed by atoms with Gasteiger partial charge in [-0.3, -0.25) is 4.79 Å². The van der Waals surface area contributed by atoms with Crippen LogP contribution in [-0.4, -0.2) is 26.7 Å². The largest absolute Gasteiger partial charge is 0.497 e. The second-order valence-corrected chi connectivity index (χ2v) is 6.71. The van der Waals surface area contributed by atoms with E-state index in [0.717, 1.165) is 22.6 Å². The molecule has 31 heavy (non-hydrogen) atoms. The van der Waals surface area contributed by atoms with Gasteiger partial charge in [0.1, 0.15) is 29.6 Å². The van der Waals surface area contributed by atoms with Crippen molar-refractivity contribution in [3.63, 3.8) is 0 Å². The Hall–Kier alpha value is -3.67. The third-order valence-corrected chi connectivity index (χ3v) is 4.71. The van der Waals surface area contributed by atoms with E-state index in [-0.39, 0.29) is 12.5 Å². The highest BCUT2D eigenvalue weighted by Crippen LogP contribution is 2.24. The Morgan fingerprint density at radius 3 is 2.26 bits per heavy atom. The fourth-order valence-corrected chi connectivity index (χ4v) is 3.09. The van der Waals surface area contributed by atoms with Crippen LogP contribution in [0, 0.1) is 0 Å². The molecule has 0 aliphatic heterocycles. The number of hydrogen-bond acceptors (Lipinski definition) is 5. The fourth-order valence-electron chi connectivity index (χ4n) is 3.09. The van der Waals surface area contributed by atoms with Crippen LogP contribution in [0.3, 0.4) is 0 Å². The average Bonchev–Trinajstić information content (AvgIpc) is 2.82. The van der Waals surface area contributed by atoms with Crippen LogP contribution < -0.4 is 24.3 Å². The number of rotatable bonds is 10. The summed E-state index contributed by atoms with van der Waals surface area (Å²) in [5.41, 5.74) is 2.24. The van der Waals surface area contributed by atoms with Crippen LogP contribution in [-0.2, 0) is 13.2 Å². The van der Waals surface area contributed by atoms with Crippen molar-refractivity contribution < 1.29 is 23.7 Å². The predicted molar refractivity (Wildman–Crippen MR) is 119 cm³/mol. The van der Waals surface area contributed by atoms with E-state index >= 15 is 0 Å². The first-order chi connectivity index (χ1) is 15.1. The molecule has 0 unspecified atom stereocenters. The lowest BCUT2D eigenvalue weighted by atomic mass is 10.1. The number of ether oxygens (including phenoxy) is 4. The summed E-state index contributed by atoms with van der Waals surface area (Å²) in [4.78, 5) is 12.7. The summed E-state index contributed by atoms with van der Waals surface area (Å²) in [5, 5.41) is 2.94. The highest BCUT2D eigenvalue weighted by atomic mass is 16.5. The Bertz CT molecular complexity index is 1000. The molecule has 0 aromatic heterocycles. The summed E-state index contributed by atoms with van der Waals surface area (Å²) in [6.07, 6.45) is 0. The smallest absolute Gasteiger partial charge is 0.251 e. The molecule has 0 aliphatic carbocycles. The van der Waals surface area contributed by atoms with Crippen molar-refractivity contribution in [3.05, 3.63) is 83.4 Å². The number of para-hydroxylation sites is 1. The van der Waals surface area contributed by atoms with E-state index in [1.54, 1.807) is 32.4 Å². The summed E-state index contributed by atoms with van der Waals surface area (Å²) in [5.74, 6) is 2.71. The first-order valence-electron chi connectivity index (χ1n) is 10.1. The topological polar surface area (TPSA) is 66.0 Å². The van der Waals surface area contributed by atoms with Crippen LogP contribution in [0.15, 0.2) is 66.7 Å².